The number of anilines is 3. The number of furan rings is 1. The first-order valence-corrected chi connectivity index (χ1v) is 21.1. The van der Waals surface area contributed by atoms with Crippen LogP contribution < -0.4 is 4.90 Å². The van der Waals surface area contributed by atoms with Gasteiger partial charge in [0.15, 0.2) is 0 Å². The molecule has 3 heteroatoms. The molecule has 8 aromatic carbocycles. The van der Waals surface area contributed by atoms with Crippen molar-refractivity contribution in [1.29, 1.82) is 0 Å². The van der Waals surface area contributed by atoms with Crippen molar-refractivity contribution >= 4 is 76.6 Å². The topological polar surface area (TPSA) is 16.4 Å². The first kappa shape index (κ1) is 33.9. The summed E-state index contributed by atoms with van der Waals surface area (Å²) in [5, 5.41) is 4.73. The fourth-order valence-corrected chi connectivity index (χ4v) is 10.6. The molecule has 12 rings (SSSR count). The Morgan fingerprint density at radius 3 is 1.86 bits per heavy atom. The molecule has 0 fully saturated rings. The summed E-state index contributed by atoms with van der Waals surface area (Å²) in [7, 11) is 0. The van der Waals surface area contributed by atoms with Crippen molar-refractivity contribution in [2.75, 3.05) is 4.90 Å². The number of hydrogen-bond acceptors (Lipinski definition) is 3. The molecule has 0 amide bonds. The summed E-state index contributed by atoms with van der Waals surface area (Å²) in [4.78, 5) is 2.45. The van der Waals surface area contributed by atoms with Crippen LogP contribution in [0.25, 0.3) is 81.6 Å². The largest absolute Gasteiger partial charge is 0.456 e. The molecule has 2 heterocycles. The Hall–Kier alpha value is -7.20. The molecule has 10 aromatic rings. The zero-order valence-corrected chi connectivity index (χ0v) is 32.9. The monoisotopic (exact) mass is 771 g/mol. The molecule has 0 aliphatic heterocycles. The van der Waals surface area contributed by atoms with Crippen LogP contribution in [0, 0.1) is 5.92 Å². The van der Waals surface area contributed by atoms with Crippen LogP contribution in [0.1, 0.15) is 17.0 Å². The molecule has 0 radical (unpaired) electrons. The number of fused-ring (bicyclic) bond motifs is 9. The Balaban J connectivity index is 1.09. The minimum Gasteiger partial charge on any atom is -0.456 e. The van der Waals surface area contributed by atoms with Gasteiger partial charge in [0.05, 0.1) is 5.69 Å². The minimum atomic E-state index is 0.340. The zero-order valence-electron chi connectivity index (χ0n) is 32.1. The van der Waals surface area contributed by atoms with Gasteiger partial charge in [0, 0.05) is 60.2 Å². The van der Waals surface area contributed by atoms with Crippen molar-refractivity contribution in [3.63, 3.8) is 0 Å². The lowest BCUT2D eigenvalue weighted by molar-refractivity contribution is 0.669. The molecule has 0 N–H and O–H groups in total. The average Bonchev–Trinajstić information content (AvgIpc) is 3.88. The third-order valence-electron chi connectivity index (χ3n) is 12.2. The van der Waals surface area contributed by atoms with E-state index in [1.54, 1.807) is 0 Å². The van der Waals surface area contributed by atoms with Gasteiger partial charge >= 0.3 is 0 Å². The van der Waals surface area contributed by atoms with Crippen molar-refractivity contribution in [2.45, 2.75) is 5.92 Å². The van der Waals surface area contributed by atoms with E-state index in [0.29, 0.717) is 11.8 Å². The SMILES string of the molecule is C1=CC2C=Cc3cc(N(c4ccc5c(c4)oc4cc(-c6ccccc6)ccc45)c4ccc(-c5ccccc5)c5sc6cc(-c7ccccc7)ccc6c45)ccc3C2C=C1. The maximum atomic E-state index is 6.75. The van der Waals surface area contributed by atoms with Crippen LogP contribution in [-0.4, -0.2) is 0 Å². The summed E-state index contributed by atoms with van der Waals surface area (Å²) in [5.41, 5.74) is 14.9. The molecular weight excluding hydrogens is 735 g/mol. The first-order valence-electron chi connectivity index (χ1n) is 20.3. The lowest BCUT2D eigenvalue weighted by Crippen LogP contribution is -2.15. The van der Waals surface area contributed by atoms with Gasteiger partial charge in [0.2, 0.25) is 0 Å². The van der Waals surface area contributed by atoms with E-state index in [-0.39, 0.29) is 0 Å². The average molecular weight is 772 g/mol. The quantitative estimate of drug-likeness (QED) is 0.167. The highest BCUT2D eigenvalue weighted by Gasteiger charge is 2.27. The second-order valence-corrected chi connectivity index (χ2v) is 16.7. The molecule has 2 aliphatic rings. The van der Waals surface area contributed by atoms with Crippen LogP contribution in [0.4, 0.5) is 17.1 Å². The van der Waals surface area contributed by atoms with Gasteiger partial charge in [-0.05, 0) is 93.0 Å². The number of allylic oxidation sites excluding steroid dienone is 5. The summed E-state index contributed by atoms with van der Waals surface area (Å²) in [6.07, 6.45) is 13.7. The molecule has 2 aliphatic carbocycles. The van der Waals surface area contributed by atoms with E-state index < -0.39 is 0 Å². The minimum absolute atomic E-state index is 0.340. The third-order valence-corrected chi connectivity index (χ3v) is 13.4. The second-order valence-electron chi connectivity index (χ2n) is 15.6. The third kappa shape index (κ3) is 5.69. The van der Waals surface area contributed by atoms with Gasteiger partial charge in [0.1, 0.15) is 11.2 Å². The predicted molar refractivity (Wildman–Crippen MR) is 251 cm³/mol. The van der Waals surface area contributed by atoms with Crippen LogP contribution in [0.2, 0.25) is 0 Å². The van der Waals surface area contributed by atoms with E-state index in [0.717, 1.165) is 44.6 Å². The molecular formula is C56H37NOS. The Morgan fingerprint density at radius 1 is 0.475 bits per heavy atom. The molecule has 0 bridgehead atoms. The Morgan fingerprint density at radius 2 is 1.10 bits per heavy atom. The fourth-order valence-electron chi connectivity index (χ4n) is 9.33. The van der Waals surface area contributed by atoms with E-state index in [9.17, 15) is 0 Å². The molecule has 2 unspecified atom stereocenters. The van der Waals surface area contributed by atoms with E-state index in [2.05, 4.69) is 217 Å². The maximum Gasteiger partial charge on any atom is 0.137 e. The molecule has 0 saturated carbocycles. The summed E-state index contributed by atoms with van der Waals surface area (Å²) < 4.78 is 9.29. The molecule has 0 spiro atoms. The summed E-state index contributed by atoms with van der Waals surface area (Å²) in [6.45, 7) is 0. The number of rotatable bonds is 6. The second kappa shape index (κ2) is 13.7. The highest BCUT2D eigenvalue weighted by atomic mass is 32.1. The van der Waals surface area contributed by atoms with Crippen molar-refractivity contribution < 1.29 is 4.42 Å². The summed E-state index contributed by atoms with van der Waals surface area (Å²) in [5.74, 6) is 0.724. The van der Waals surface area contributed by atoms with Gasteiger partial charge in [-0.15, -0.1) is 11.3 Å². The van der Waals surface area contributed by atoms with E-state index in [1.165, 1.54) is 59.1 Å². The molecule has 2 nitrogen and oxygen atoms in total. The van der Waals surface area contributed by atoms with Gasteiger partial charge in [-0.3, -0.25) is 0 Å². The van der Waals surface area contributed by atoms with Gasteiger partial charge < -0.3 is 9.32 Å². The van der Waals surface area contributed by atoms with Crippen LogP contribution in [0.15, 0.2) is 211 Å². The Labute approximate surface area is 346 Å². The number of nitrogens with zero attached hydrogens (tertiary/aromatic N) is 1. The number of benzene rings is 8. The Bertz CT molecular complexity index is 3330. The fraction of sp³-hybridized carbons (Fsp3) is 0.0357. The van der Waals surface area contributed by atoms with Crippen LogP contribution in [0.5, 0.6) is 0 Å². The normalized spacial score (nSPS) is 15.6. The molecule has 2 aromatic heterocycles. The van der Waals surface area contributed by atoms with Gasteiger partial charge in [0.25, 0.3) is 0 Å². The standard InChI is InChI=1S/C56H37NOS/c1-4-12-36(13-5-1)40-22-26-48-49-29-25-44(35-53(49)58-52(48)33-40)57(43-24-28-46-42(32-43)21-20-39-18-10-11-19-45(39)46)51-31-30-47(38-16-8-3-9-17-38)56-55(51)50-27-23-41(34-54(50)59-56)37-14-6-2-7-15-37/h1-35,39,45H. The molecule has 59 heavy (non-hydrogen) atoms. The van der Waals surface area contributed by atoms with Gasteiger partial charge in [-0.2, -0.15) is 0 Å². The Kier molecular flexibility index (Phi) is 7.89. The van der Waals surface area contributed by atoms with Gasteiger partial charge in [-0.1, -0.05) is 158 Å². The van der Waals surface area contributed by atoms with E-state index in [1.807, 2.05) is 11.3 Å². The lowest BCUT2D eigenvalue weighted by atomic mass is 9.77. The van der Waals surface area contributed by atoms with Crippen LogP contribution in [-0.2, 0) is 0 Å². The maximum absolute atomic E-state index is 6.75. The molecule has 278 valence electrons. The highest BCUT2D eigenvalue weighted by molar-refractivity contribution is 7.26. The van der Waals surface area contributed by atoms with Crippen molar-refractivity contribution in [1.82, 2.24) is 0 Å². The number of thiophene rings is 1. The van der Waals surface area contributed by atoms with E-state index >= 15 is 0 Å². The van der Waals surface area contributed by atoms with Gasteiger partial charge in [-0.25, -0.2) is 0 Å². The van der Waals surface area contributed by atoms with Crippen LogP contribution in [0.3, 0.4) is 0 Å². The summed E-state index contributed by atoms with van der Waals surface area (Å²) >= 11 is 1.88. The van der Waals surface area contributed by atoms with Crippen molar-refractivity contribution in [3.8, 4) is 33.4 Å². The van der Waals surface area contributed by atoms with Crippen molar-refractivity contribution in [3.05, 3.63) is 217 Å². The van der Waals surface area contributed by atoms with Crippen LogP contribution >= 0.6 is 11.3 Å². The lowest BCUT2D eigenvalue weighted by Gasteiger charge is -2.31. The molecule has 0 saturated heterocycles. The number of hydrogen-bond donors (Lipinski definition) is 0. The summed E-state index contributed by atoms with van der Waals surface area (Å²) in [6, 6.07) is 64.0. The predicted octanol–water partition coefficient (Wildman–Crippen LogP) is 16.3. The van der Waals surface area contributed by atoms with E-state index in [4.69, 9.17) is 4.42 Å². The smallest absolute Gasteiger partial charge is 0.137 e. The highest BCUT2D eigenvalue weighted by Crippen LogP contribution is 2.50. The molecule has 2 atom stereocenters. The van der Waals surface area contributed by atoms with Crippen molar-refractivity contribution in [2.24, 2.45) is 5.92 Å². The first-order chi connectivity index (χ1) is 29.2. The zero-order chi connectivity index (χ0) is 38.9.